The third kappa shape index (κ3) is 5.24. The second-order valence-corrected chi connectivity index (χ2v) is 6.48. The molecule has 0 amide bonds. The maximum atomic E-state index is 11.1. The Hall–Kier alpha value is -1.47. The van der Waals surface area contributed by atoms with Gasteiger partial charge in [0.25, 0.3) is 5.69 Å². The third-order valence-electron chi connectivity index (χ3n) is 2.35. The van der Waals surface area contributed by atoms with E-state index in [-0.39, 0.29) is 17.5 Å². The van der Waals surface area contributed by atoms with Gasteiger partial charge in [0.15, 0.2) is 0 Å². The Morgan fingerprint density at radius 1 is 1.33 bits per heavy atom. The van der Waals surface area contributed by atoms with E-state index in [4.69, 9.17) is 0 Å². The Morgan fingerprint density at radius 2 is 1.89 bits per heavy atom. The first-order chi connectivity index (χ1) is 8.28. The molecular formula is C11H16N2O4S. The standard InChI is InChI=1S/C11H16N2O4S/c1-9(8-18(2,16)17)12-7-10-3-5-11(6-4-10)13(14)15/h3-6,9,12H,7-8H2,1-2H3. The summed E-state index contributed by atoms with van der Waals surface area (Å²) >= 11 is 0. The lowest BCUT2D eigenvalue weighted by atomic mass is 10.2. The van der Waals surface area contributed by atoms with Crippen molar-refractivity contribution >= 4 is 15.5 Å². The minimum Gasteiger partial charge on any atom is -0.309 e. The number of nitro benzene ring substituents is 1. The zero-order chi connectivity index (χ0) is 13.8. The van der Waals surface area contributed by atoms with E-state index in [1.807, 2.05) is 0 Å². The Bertz CT molecular complexity index is 510. The summed E-state index contributed by atoms with van der Waals surface area (Å²) in [6, 6.07) is 6.00. The molecule has 1 unspecified atom stereocenters. The second-order valence-electron chi connectivity index (χ2n) is 4.30. The summed E-state index contributed by atoms with van der Waals surface area (Å²) in [6.07, 6.45) is 1.19. The average Bonchev–Trinajstić information content (AvgIpc) is 2.24. The van der Waals surface area contributed by atoms with E-state index in [1.165, 1.54) is 18.4 Å². The summed E-state index contributed by atoms with van der Waals surface area (Å²) in [5, 5.41) is 13.5. The molecule has 0 aliphatic rings. The van der Waals surface area contributed by atoms with Crippen LogP contribution in [-0.4, -0.2) is 31.4 Å². The van der Waals surface area contributed by atoms with Gasteiger partial charge in [0.2, 0.25) is 0 Å². The zero-order valence-corrected chi connectivity index (χ0v) is 11.1. The van der Waals surface area contributed by atoms with E-state index in [0.29, 0.717) is 6.54 Å². The van der Waals surface area contributed by atoms with Gasteiger partial charge in [0, 0.05) is 31.0 Å². The summed E-state index contributed by atoms with van der Waals surface area (Å²) in [5.41, 5.74) is 0.920. The van der Waals surface area contributed by atoms with Gasteiger partial charge in [0.1, 0.15) is 9.84 Å². The van der Waals surface area contributed by atoms with Crippen molar-refractivity contribution in [1.82, 2.24) is 5.32 Å². The molecule has 1 aromatic rings. The van der Waals surface area contributed by atoms with Crippen molar-refractivity contribution in [3.05, 3.63) is 39.9 Å². The SMILES string of the molecule is CC(CS(C)(=O)=O)NCc1ccc([N+](=O)[O-])cc1. The first-order valence-electron chi connectivity index (χ1n) is 5.42. The number of nitrogens with one attached hydrogen (secondary N) is 1. The molecule has 18 heavy (non-hydrogen) atoms. The number of hydrogen-bond acceptors (Lipinski definition) is 5. The lowest BCUT2D eigenvalue weighted by Gasteiger charge is -2.12. The highest BCUT2D eigenvalue weighted by atomic mass is 32.2. The van der Waals surface area contributed by atoms with Gasteiger partial charge >= 0.3 is 0 Å². The molecule has 0 aliphatic carbocycles. The molecule has 0 spiro atoms. The minimum absolute atomic E-state index is 0.0444. The molecule has 0 aromatic heterocycles. The molecule has 1 N–H and O–H groups in total. The predicted molar refractivity (Wildman–Crippen MR) is 69.1 cm³/mol. The van der Waals surface area contributed by atoms with Gasteiger partial charge in [-0.1, -0.05) is 12.1 Å². The predicted octanol–water partition coefficient (Wildman–Crippen LogP) is 1.12. The van der Waals surface area contributed by atoms with E-state index in [1.54, 1.807) is 19.1 Å². The Kier molecular flexibility index (Phi) is 4.80. The molecule has 0 saturated heterocycles. The summed E-state index contributed by atoms with van der Waals surface area (Å²) in [5.74, 6) is 0.0694. The summed E-state index contributed by atoms with van der Waals surface area (Å²) in [7, 11) is -3.00. The average molecular weight is 272 g/mol. The molecule has 0 saturated carbocycles. The molecule has 0 heterocycles. The number of rotatable bonds is 6. The fraction of sp³-hybridized carbons (Fsp3) is 0.455. The van der Waals surface area contributed by atoms with Crippen molar-refractivity contribution in [2.75, 3.05) is 12.0 Å². The van der Waals surface area contributed by atoms with Crippen LogP contribution in [0.4, 0.5) is 5.69 Å². The van der Waals surface area contributed by atoms with Crippen molar-refractivity contribution in [2.24, 2.45) is 0 Å². The van der Waals surface area contributed by atoms with Gasteiger partial charge in [-0.05, 0) is 12.5 Å². The highest BCUT2D eigenvalue weighted by Crippen LogP contribution is 2.11. The fourth-order valence-electron chi connectivity index (χ4n) is 1.54. The normalized spacial score (nSPS) is 13.2. The Labute approximate surface area is 106 Å². The lowest BCUT2D eigenvalue weighted by Crippen LogP contribution is -2.32. The molecular weight excluding hydrogens is 256 g/mol. The van der Waals surface area contributed by atoms with Crippen molar-refractivity contribution in [3.63, 3.8) is 0 Å². The number of benzene rings is 1. The fourth-order valence-corrected chi connectivity index (χ4v) is 2.57. The van der Waals surface area contributed by atoms with Crippen LogP contribution in [0.25, 0.3) is 0 Å². The van der Waals surface area contributed by atoms with E-state index < -0.39 is 14.8 Å². The second kappa shape index (κ2) is 5.92. The van der Waals surface area contributed by atoms with Crippen molar-refractivity contribution in [1.29, 1.82) is 0 Å². The van der Waals surface area contributed by atoms with E-state index >= 15 is 0 Å². The van der Waals surface area contributed by atoms with Gasteiger partial charge in [-0.2, -0.15) is 0 Å². The van der Waals surface area contributed by atoms with Crippen LogP contribution < -0.4 is 5.32 Å². The number of nitrogens with zero attached hydrogens (tertiary/aromatic N) is 1. The molecule has 0 radical (unpaired) electrons. The van der Waals surface area contributed by atoms with Crippen molar-refractivity contribution < 1.29 is 13.3 Å². The monoisotopic (exact) mass is 272 g/mol. The molecule has 1 atom stereocenters. The van der Waals surface area contributed by atoms with Crippen molar-refractivity contribution in [3.8, 4) is 0 Å². The zero-order valence-electron chi connectivity index (χ0n) is 10.3. The van der Waals surface area contributed by atoms with Gasteiger partial charge in [-0.3, -0.25) is 10.1 Å². The van der Waals surface area contributed by atoms with Crippen LogP contribution in [0, 0.1) is 10.1 Å². The van der Waals surface area contributed by atoms with E-state index in [0.717, 1.165) is 5.56 Å². The van der Waals surface area contributed by atoms with Crippen LogP contribution in [-0.2, 0) is 16.4 Å². The minimum atomic E-state index is -3.00. The van der Waals surface area contributed by atoms with Crippen LogP contribution in [0.15, 0.2) is 24.3 Å². The van der Waals surface area contributed by atoms with Crippen LogP contribution in [0.3, 0.4) is 0 Å². The molecule has 0 fully saturated rings. The Balaban J connectivity index is 2.51. The molecule has 0 bridgehead atoms. The molecule has 1 rings (SSSR count). The first kappa shape index (κ1) is 14.6. The number of nitro groups is 1. The topological polar surface area (TPSA) is 89.3 Å². The smallest absolute Gasteiger partial charge is 0.269 e. The van der Waals surface area contributed by atoms with E-state index in [2.05, 4.69) is 5.32 Å². The van der Waals surface area contributed by atoms with Gasteiger partial charge in [-0.15, -0.1) is 0 Å². The maximum Gasteiger partial charge on any atom is 0.269 e. The Morgan fingerprint density at radius 3 is 2.33 bits per heavy atom. The molecule has 0 aliphatic heterocycles. The molecule has 100 valence electrons. The third-order valence-corrected chi connectivity index (χ3v) is 3.46. The van der Waals surface area contributed by atoms with Gasteiger partial charge in [-0.25, -0.2) is 8.42 Å². The highest BCUT2D eigenvalue weighted by molar-refractivity contribution is 7.90. The van der Waals surface area contributed by atoms with Crippen LogP contribution in [0.5, 0.6) is 0 Å². The van der Waals surface area contributed by atoms with Crippen LogP contribution in [0.1, 0.15) is 12.5 Å². The first-order valence-corrected chi connectivity index (χ1v) is 7.48. The van der Waals surface area contributed by atoms with E-state index in [9.17, 15) is 18.5 Å². The van der Waals surface area contributed by atoms with Crippen molar-refractivity contribution in [2.45, 2.75) is 19.5 Å². The maximum absolute atomic E-state index is 11.1. The van der Waals surface area contributed by atoms with Gasteiger partial charge < -0.3 is 5.32 Å². The largest absolute Gasteiger partial charge is 0.309 e. The van der Waals surface area contributed by atoms with Crippen LogP contribution >= 0.6 is 0 Å². The number of sulfone groups is 1. The molecule has 1 aromatic carbocycles. The summed E-state index contributed by atoms with van der Waals surface area (Å²) in [4.78, 5) is 10.0. The highest BCUT2D eigenvalue weighted by Gasteiger charge is 2.10. The van der Waals surface area contributed by atoms with Gasteiger partial charge in [0.05, 0.1) is 10.7 Å². The van der Waals surface area contributed by atoms with Crippen LogP contribution in [0.2, 0.25) is 0 Å². The number of hydrogen-bond donors (Lipinski definition) is 1. The summed E-state index contributed by atoms with van der Waals surface area (Å²) < 4.78 is 22.1. The summed E-state index contributed by atoms with van der Waals surface area (Å²) in [6.45, 7) is 2.27. The number of non-ortho nitro benzene ring substituents is 1. The molecule has 7 heteroatoms. The molecule has 6 nitrogen and oxygen atoms in total. The quantitative estimate of drug-likeness (QED) is 0.619. The lowest BCUT2D eigenvalue weighted by molar-refractivity contribution is -0.384.